The molecule has 2 aromatic rings. The van der Waals surface area contributed by atoms with E-state index in [1.165, 1.54) is 7.11 Å². The summed E-state index contributed by atoms with van der Waals surface area (Å²) in [5.74, 6) is -0.725. The molecule has 12 heteroatoms. The summed E-state index contributed by atoms with van der Waals surface area (Å²) >= 11 is 0. The maximum Gasteiger partial charge on any atom is 0.376 e. The molecular weight excluding hydrogens is 480 g/mol. The van der Waals surface area contributed by atoms with Crippen LogP contribution < -0.4 is 19.9 Å². The number of methoxy groups -OCH3 is 1. The van der Waals surface area contributed by atoms with Gasteiger partial charge in [0, 0.05) is 31.8 Å². The topological polar surface area (TPSA) is 139 Å². The van der Waals surface area contributed by atoms with Crippen LogP contribution in [0.1, 0.15) is 57.6 Å². The number of anilines is 3. The molecule has 202 valence electrons. The van der Waals surface area contributed by atoms with Gasteiger partial charge in [-0.3, -0.25) is 10.2 Å². The maximum atomic E-state index is 13.4. The maximum absolute atomic E-state index is 13.4. The second-order valence-electron chi connectivity index (χ2n) is 8.81. The van der Waals surface area contributed by atoms with Gasteiger partial charge in [-0.2, -0.15) is 0 Å². The average Bonchev–Trinajstić information content (AvgIpc) is 2.88. The zero-order valence-electron chi connectivity index (χ0n) is 22.1. The van der Waals surface area contributed by atoms with Gasteiger partial charge in [0.05, 0.1) is 38.2 Å². The van der Waals surface area contributed by atoms with Crippen molar-refractivity contribution >= 4 is 29.3 Å². The number of rotatable bonds is 8. The molecule has 2 aliphatic heterocycles. The van der Waals surface area contributed by atoms with Gasteiger partial charge in [0.25, 0.3) is 0 Å². The summed E-state index contributed by atoms with van der Waals surface area (Å²) in [6.07, 6.45) is 5.42. The smallest absolute Gasteiger partial charge is 0.376 e. The van der Waals surface area contributed by atoms with Gasteiger partial charge in [0.2, 0.25) is 5.82 Å². The number of esters is 1. The summed E-state index contributed by atoms with van der Waals surface area (Å²) in [5, 5.41) is 12.4. The lowest BCUT2D eigenvalue weighted by Crippen LogP contribution is -2.56. The number of carbonyl (C=O) groups is 2. The van der Waals surface area contributed by atoms with E-state index in [9.17, 15) is 14.7 Å². The number of ether oxygens (including phenoxy) is 3. The normalized spacial score (nSPS) is 16.2. The van der Waals surface area contributed by atoms with Gasteiger partial charge in [-0.15, -0.1) is 0 Å². The van der Waals surface area contributed by atoms with Crippen LogP contribution in [-0.2, 0) is 9.47 Å². The molecule has 2 aromatic heterocycles. The van der Waals surface area contributed by atoms with Crippen LogP contribution >= 0.6 is 0 Å². The molecule has 2 N–H and O–H groups in total. The molecule has 2 bridgehead atoms. The highest BCUT2D eigenvalue weighted by Crippen LogP contribution is 2.37. The van der Waals surface area contributed by atoms with Gasteiger partial charge in [-0.1, -0.05) is 13.8 Å². The lowest BCUT2D eigenvalue weighted by atomic mass is 10.0. The molecule has 0 aliphatic carbocycles. The highest BCUT2D eigenvalue weighted by molar-refractivity contribution is 6.04. The van der Waals surface area contributed by atoms with E-state index in [1.807, 2.05) is 13.8 Å². The van der Waals surface area contributed by atoms with Crippen molar-refractivity contribution in [3.05, 3.63) is 30.4 Å². The lowest BCUT2D eigenvalue weighted by Gasteiger charge is -2.45. The predicted octanol–water partition coefficient (Wildman–Crippen LogP) is 3.22. The Balaban J connectivity index is 0.00000186. The number of nitrogens with zero attached hydrogens (tertiary/aromatic N) is 5. The molecule has 0 saturated carbocycles. The van der Waals surface area contributed by atoms with E-state index in [0.29, 0.717) is 49.3 Å². The second kappa shape index (κ2) is 12.6. The number of pyridine rings is 1. The number of urea groups is 1. The molecule has 1 fully saturated rings. The summed E-state index contributed by atoms with van der Waals surface area (Å²) in [7, 11) is 1.26. The van der Waals surface area contributed by atoms with Crippen molar-refractivity contribution in [2.75, 3.05) is 48.5 Å². The average molecular weight is 517 g/mol. The first-order chi connectivity index (χ1) is 17.7. The number of hydrogen-bond acceptors (Lipinski definition) is 10. The van der Waals surface area contributed by atoms with E-state index >= 15 is 0 Å². The number of aromatic nitrogens is 3. The van der Waals surface area contributed by atoms with E-state index in [0.717, 1.165) is 19.4 Å². The molecule has 1 atom stereocenters. The molecule has 0 aromatic carbocycles. The van der Waals surface area contributed by atoms with E-state index in [2.05, 4.69) is 25.2 Å². The highest BCUT2D eigenvalue weighted by Gasteiger charge is 2.39. The zero-order chi connectivity index (χ0) is 27.0. The number of carbonyl (C=O) groups excluding carboxylic acids is 2. The third kappa shape index (κ3) is 7.26. The van der Waals surface area contributed by atoms with Crippen LogP contribution in [0.2, 0.25) is 0 Å². The minimum absolute atomic E-state index is 0.104. The van der Waals surface area contributed by atoms with Crippen LogP contribution in [0, 0.1) is 0 Å². The number of fused-ring (bicyclic) bond motifs is 4. The molecule has 0 radical (unpaired) electrons. The minimum Gasteiger partial charge on any atom is -0.493 e. The summed E-state index contributed by atoms with van der Waals surface area (Å²) < 4.78 is 15.7. The lowest BCUT2D eigenvalue weighted by molar-refractivity contribution is -0.176. The number of piperidine rings is 1. The molecule has 12 nitrogen and oxygen atoms in total. The van der Waals surface area contributed by atoms with Crippen molar-refractivity contribution in [2.45, 2.75) is 58.8 Å². The molecule has 2 aliphatic rings. The number of nitrogens with one attached hydrogen (secondary N) is 1. The summed E-state index contributed by atoms with van der Waals surface area (Å²) in [6.45, 7) is 9.35. The van der Waals surface area contributed by atoms with Crippen LogP contribution in [0.3, 0.4) is 0 Å². The molecule has 0 spiro atoms. The van der Waals surface area contributed by atoms with E-state index in [4.69, 9.17) is 14.2 Å². The largest absolute Gasteiger partial charge is 0.493 e. The third-order valence-electron chi connectivity index (χ3n) is 5.65. The first kappa shape index (κ1) is 28.1. The van der Waals surface area contributed by atoms with Gasteiger partial charge in [-0.25, -0.2) is 24.5 Å². The van der Waals surface area contributed by atoms with Crippen LogP contribution in [-0.4, -0.2) is 77.3 Å². The van der Waals surface area contributed by atoms with E-state index in [-0.39, 0.29) is 11.9 Å². The summed E-state index contributed by atoms with van der Waals surface area (Å²) in [5.41, 5.74) is 0.696. The van der Waals surface area contributed by atoms with Crippen LogP contribution in [0.5, 0.6) is 5.75 Å². The van der Waals surface area contributed by atoms with Crippen LogP contribution in [0.25, 0.3) is 0 Å². The van der Waals surface area contributed by atoms with Crippen LogP contribution in [0.4, 0.5) is 22.1 Å². The van der Waals surface area contributed by atoms with Crippen molar-refractivity contribution < 1.29 is 28.9 Å². The Morgan fingerprint density at radius 1 is 1.24 bits per heavy atom. The number of hydrogen-bond donors (Lipinski definition) is 2. The van der Waals surface area contributed by atoms with Gasteiger partial charge in [0.15, 0.2) is 11.6 Å². The summed E-state index contributed by atoms with van der Waals surface area (Å²) in [4.78, 5) is 41.8. The van der Waals surface area contributed by atoms with Crippen LogP contribution in [0.15, 0.2) is 24.5 Å². The fourth-order valence-electron chi connectivity index (χ4n) is 4.09. The summed E-state index contributed by atoms with van der Waals surface area (Å²) in [6, 6.07) is 2.81. The standard InChI is InChI=1S/C23H30N6O6.C2H6/c1-23(2,32)35-11-5-10-34-16-7-8-24-18(12-16)26-22(31)29-15-6-4-9-28(14-15)17-13-25-19(21(30)33-3)27-20(17)29;1-2/h7-8,12-13,15,32H,4-6,9-11,14H2,1-3H3,(H,24,26,31);1-2H3. The first-order valence-corrected chi connectivity index (χ1v) is 12.5. The highest BCUT2D eigenvalue weighted by atomic mass is 16.6. The van der Waals surface area contributed by atoms with E-state index in [1.54, 1.807) is 43.3 Å². The third-order valence-corrected chi connectivity index (χ3v) is 5.65. The van der Waals surface area contributed by atoms with Crippen molar-refractivity contribution in [3.63, 3.8) is 0 Å². The van der Waals surface area contributed by atoms with Crippen molar-refractivity contribution in [2.24, 2.45) is 0 Å². The quantitative estimate of drug-likeness (QED) is 0.305. The van der Waals surface area contributed by atoms with Gasteiger partial charge >= 0.3 is 12.0 Å². The number of amides is 2. The molecule has 4 heterocycles. The Hall–Kier alpha value is -3.51. The van der Waals surface area contributed by atoms with Crippen molar-refractivity contribution in [1.29, 1.82) is 0 Å². The Morgan fingerprint density at radius 2 is 2.03 bits per heavy atom. The Labute approximate surface area is 217 Å². The fourth-order valence-corrected chi connectivity index (χ4v) is 4.09. The van der Waals surface area contributed by atoms with Crippen molar-refractivity contribution in [1.82, 2.24) is 15.0 Å². The Kier molecular flexibility index (Phi) is 9.59. The van der Waals surface area contributed by atoms with Gasteiger partial charge in [-0.05, 0) is 32.8 Å². The number of aliphatic hydroxyl groups is 1. The second-order valence-corrected chi connectivity index (χ2v) is 8.81. The molecular formula is C25H36N6O6. The molecule has 2 amide bonds. The SMILES string of the molecule is CC.COC(=O)c1ncc2c(n1)N(C(=O)Nc1cc(OCCCOC(C)(C)O)ccn1)C1CCCN2C1. The predicted molar refractivity (Wildman–Crippen MR) is 138 cm³/mol. The Bertz CT molecular complexity index is 1080. The molecule has 4 rings (SSSR count). The Morgan fingerprint density at radius 3 is 2.76 bits per heavy atom. The fraction of sp³-hybridized carbons (Fsp3) is 0.560. The van der Waals surface area contributed by atoms with Gasteiger partial charge < -0.3 is 24.2 Å². The zero-order valence-corrected chi connectivity index (χ0v) is 22.1. The van der Waals surface area contributed by atoms with Gasteiger partial charge in [0.1, 0.15) is 11.6 Å². The minimum atomic E-state index is -1.18. The molecule has 1 unspecified atom stereocenters. The van der Waals surface area contributed by atoms with E-state index < -0.39 is 17.8 Å². The molecule has 37 heavy (non-hydrogen) atoms. The first-order valence-electron chi connectivity index (χ1n) is 12.5. The van der Waals surface area contributed by atoms with Crippen molar-refractivity contribution in [3.8, 4) is 5.75 Å². The monoisotopic (exact) mass is 516 g/mol. The molecule has 1 saturated heterocycles.